The fraction of sp³-hybridized carbons (Fsp3) is 0.192. The number of aromatic nitrogens is 1. The van der Waals surface area contributed by atoms with Gasteiger partial charge in [-0.3, -0.25) is 4.79 Å². The van der Waals surface area contributed by atoms with Gasteiger partial charge in [-0.05, 0) is 41.1 Å². The van der Waals surface area contributed by atoms with E-state index >= 15 is 0 Å². The molecule has 0 saturated heterocycles. The van der Waals surface area contributed by atoms with Gasteiger partial charge >= 0.3 is 16.2 Å². The number of thiophene rings is 1. The molecule has 0 spiro atoms. The molecule has 0 aliphatic rings. The van der Waals surface area contributed by atoms with Crippen LogP contribution in [0.3, 0.4) is 0 Å². The molecule has 0 fully saturated rings. The Bertz CT molecular complexity index is 1490. The van der Waals surface area contributed by atoms with Crippen molar-refractivity contribution in [1.82, 2.24) is 15.6 Å². The molecule has 0 aliphatic carbocycles. The van der Waals surface area contributed by atoms with Crippen LogP contribution in [0.4, 0.5) is 4.79 Å². The number of benzene rings is 2. The molecule has 39 heavy (non-hydrogen) atoms. The molecular formula is C26H26N4O6S3. The molecule has 2 aromatic heterocycles. The van der Waals surface area contributed by atoms with E-state index in [1.54, 1.807) is 23.5 Å². The van der Waals surface area contributed by atoms with Crippen LogP contribution in [0.15, 0.2) is 82.4 Å². The molecule has 4 N–H and O–H groups in total. The Balaban J connectivity index is 1.61. The van der Waals surface area contributed by atoms with Crippen molar-refractivity contribution in [2.45, 2.75) is 29.8 Å². The topological polar surface area (TPSA) is 150 Å². The lowest BCUT2D eigenvalue weighted by molar-refractivity contribution is -0.123. The second kappa shape index (κ2) is 13.0. The molecule has 13 heteroatoms. The molecule has 10 nitrogen and oxygen atoms in total. The molecule has 0 radical (unpaired) electrons. The Morgan fingerprint density at radius 2 is 1.67 bits per heavy atom. The summed E-state index contributed by atoms with van der Waals surface area (Å²) in [6.45, 7) is 0. The van der Waals surface area contributed by atoms with Crippen molar-refractivity contribution in [2.75, 3.05) is 7.11 Å². The van der Waals surface area contributed by atoms with Crippen LogP contribution in [0.1, 0.15) is 22.2 Å². The molecule has 0 bridgehead atoms. The quantitative estimate of drug-likeness (QED) is 0.225. The van der Waals surface area contributed by atoms with E-state index in [1.165, 1.54) is 30.6 Å². The summed E-state index contributed by atoms with van der Waals surface area (Å²) in [5.41, 5.74) is 2.39. The van der Waals surface area contributed by atoms with E-state index in [-0.39, 0.29) is 11.3 Å². The number of hydrogen-bond donors (Lipinski definition) is 3. The maximum atomic E-state index is 13.5. The van der Waals surface area contributed by atoms with E-state index in [0.717, 1.165) is 21.7 Å². The number of nitrogens with two attached hydrogens (primary N) is 1. The van der Waals surface area contributed by atoms with Gasteiger partial charge < -0.3 is 15.4 Å². The Kier molecular flexibility index (Phi) is 9.43. The number of alkyl carbamates (subject to hydrolysis) is 1. The number of hydrogen-bond acceptors (Lipinski definition) is 10. The Hall–Kier alpha value is -3.62. The molecule has 2 aromatic carbocycles. The van der Waals surface area contributed by atoms with Gasteiger partial charge in [0.2, 0.25) is 5.91 Å². The van der Waals surface area contributed by atoms with Gasteiger partial charge in [0, 0.05) is 11.8 Å². The normalized spacial score (nSPS) is 12.9. The molecule has 0 aliphatic heterocycles. The monoisotopic (exact) mass is 586 g/mol. The molecule has 2 heterocycles. The maximum Gasteiger partial charge on any atom is 0.407 e. The molecule has 0 unspecified atom stereocenters. The van der Waals surface area contributed by atoms with Crippen LogP contribution in [-0.4, -0.2) is 38.6 Å². The number of nitrogens with one attached hydrogen (secondary N) is 2. The van der Waals surface area contributed by atoms with E-state index in [0.29, 0.717) is 11.4 Å². The first-order valence-corrected chi connectivity index (χ1v) is 14.9. The van der Waals surface area contributed by atoms with Gasteiger partial charge in [-0.15, -0.1) is 22.7 Å². The summed E-state index contributed by atoms with van der Waals surface area (Å²) in [7, 11) is -2.81. The lowest BCUT2D eigenvalue weighted by Gasteiger charge is -2.22. The van der Waals surface area contributed by atoms with Gasteiger partial charge in [-0.1, -0.05) is 48.5 Å². The summed E-state index contributed by atoms with van der Waals surface area (Å²) in [6, 6.07) is 17.7. The average Bonchev–Trinajstić information content (AvgIpc) is 3.66. The Morgan fingerprint density at radius 3 is 2.31 bits per heavy atom. The van der Waals surface area contributed by atoms with Gasteiger partial charge in [-0.2, -0.15) is 18.6 Å². The fourth-order valence-electron chi connectivity index (χ4n) is 3.80. The van der Waals surface area contributed by atoms with Crippen LogP contribution in [0, 0.1) is 0 Å². The molecular weight excluding hydrogens is 561 g/mol. The van der Waals surface area contributed by atoms with Crippen LogP contribution < -0.4 is 16.5 Å². The van der Waals surface area contributed by atoms with Crippen LogP contribution in [0.5, 0.6) is 0 Å². The van der Waals surface area contributed by atoms with E-state index in [4.69, 9.17) is 15.6 Å². The number of thiazole rings is 1. The predicted octanol–water partition coefficient (Wildman–Crippen LogP) is 3.82. The van der Waals surface area contributed by atoms with Crippen molar-refractivity contribution in [3.63, 3.8) is 0 Å². The third-order valence-corrected chi connectivity index (χ3v) is 8.72. The predicted molar refractivity (Wildman–Crippen MR) is 148 cm³/mol. The summed E-state index contributed by atoms with van der Waals surface area (Å²) in [5, 5.41) is 10.2. The summed E-state index contributed by atoms with van der Waals surface area (Å²) in [4.78, 5) is 31.2. The van der Waals surface area contributed by atoms with Gasteiger partial charge in [0.05, 0.1) is 28.6 Å². The van der Waals surface area contributed by atoms with E-state index < -0.39 is 34.2 Å². The zero-order valence-corrected chi connectivity index (χ0v) is 23.2. The zero-order valence-electron chi connectivity index (χ0n) is 20.8. The highest BCUT2D eigenvalue weighted by molar-refractivity contribution is 7.86. The van der Waals surface area contributed by atoms with Crippen molar-refractivity contribution in [3.8, 4) is 10.6 Å². The largest absolute Gasteiger partial charge is 0.453 e. The third kappa shape index (κ3) is 7.49. The van der Waals surface area contributed by atoms with E-state index in [1.807, 2.05) is 53.2 Å². The molecule has 0 saturated carbocycles. The summed E-state index contributed by atoms with van der Waals surface area (Å²) < 4.78 is 32.6. The maximum absolute atomic E-state index is 13.5. The Morgan fingerprint density at radius 1 is 0.949 bits per heavy atom. The number of ether oxygens (including phenoxy) is 1. The van der Waals surface area contributed by atoms with Crippen molar-refractivity contribution in [3.05, 3.63) is 93.6 Å². The minimum absolute atomic E-state index is 0.0891. The summed E-state index contributed by atoms with van der Waals surface area (Å²) in [5.74, 6) is 4.46. The summed E-state index contributed by atoms with van der Waals surface area (Å²) in [6.07, 6.45) is -0.169. The van der Waals surface area contributed by atoms with Crippen LogP contribution in [0.2, 0.25) is 0 Å². The fourth-order valence-corrected chi connectivity index (χ4v) is 6.01. The van der Waals surface area contributed by atoms with E-state index in [2.05, 4.69) is 14.9 Å². The van der Waals surface area contributed by atoms with Crippen LogP contribution in [-0.2, 0) is 36.8 Å². The number of amides is 2. The number of rotatable bonds is 11. The van der Waals surface area contributed by atoms with Crippen LogP contribution >= 0.6 is 22.7 Å². The first-order valence-electron chi connectivity index (χ1n) is 11.7. The average molecular weight is 587 g/mol. The summed E-state index contributed by atoms with van der Waals surface area (Å²) >= 11 is 2.96. The number of carbonyl (C=O) groups is 2. The van der Waals surface area contributed by atoms with Gasteiger partial charge in [0.25, 0.3) is 0 Å². The smallest absolute Gasteiger partial charge is 0.407 e. The second-order valence-electron chi connectivity index (χ2n) is 8.39. The van der Waals surface area contributed by atoms with Crippen LogP contribution in [0.25, 0.3) is 10.6 Å². The minimum atomic E-state index is -4.04. The SMILES string of the molecule is COC(=O)N[C@@H](Cc1ccccc1)C(=O)N[C@@H](Cc1ccc(S(=O)(=O)ON)cc1)c1nc(-c2cccs2)cs1. The molecule has 204 valence electrons. The van der Waals surface area contributed by atoms with Crippen molar-refractivity contribution < 1.29 is 27.0 Å². The van der Waals surface area contributed by atoms with Gasteiger partial charge in [0.1, 0.15) is 11.0 Å². The second-order valence-corrected chi connectivity index (χ2v) is 11.8. The first-order chi connectivity index (χ1) is 18.8. The first kappa shape index (κ1) is 28.4. The minimum Gasteiger partial charge on any atom is -0.453 e. The van der Waals surface area contributed by atoms with Gasteiger partial charge in [-0.25, -0.2) is 9.78 Å². The molecule has 4 aromatic rings. The molecule has 4 rings (SSSR count). The third-order valence-electron chi connectivity index (χ3n) is 5.77. The number of nitrogens with zero attached hydrogens (tertiary/aromatic N) is 1. The lowest BCUT2D eigenvalue weighted by atomic mass is 10.0. The highest BCUT2D eigenvalue weighted by atomic mass is 32.2. The standard InChI is InChI=1S/C26H26N4O6S3/c1-35-26(32)30-20(14-17-6-3-2-4-7-17)24(31)28-21(25-29-22(16-38-25)23-8-5-13-37-23)15-18-9-11-19(12-10-18)39(33,34)36-27/h2-13,16,20-21H,14-15,27H2,1H3,(H,28,31)(H,30,32)/t20-,21-/m0/s1. The van der Waals surface area contributed by atoms with Gasteiger partial charge in [0.15, 0.2) is 0 Å². The molecule has 2 amide bonds. The highest BCUT2D eigenvalue weighted by Gasteiger charge is 2.27. The van der Waals surface area contributed by atoms with Crippen molar-refractivity contribution >= 4 is 44.8 Å². The molecule has 2 atom stereocenters. The van der Waals surface area contributed by atoms with E-state index in [9.17, 15) is 18.0 Å². The zero-order chi connectivity index (χ0) is 27.8. The van der Waals surface area contributed by atoms with Crippen molar-refractivity contribution in [2.24, 2.45) is 5.90 Å². The lowest BCUT2D eigenvalue weighted by Crippen LogP contribution is -2.49. The van der Waals surface area contributed by atoms with Crippen molar-refractivity contribution in [1.29, 1.82) is 0 Å². The highest BCUT2D eigenvalue weighted by Crippen LogP contribution is 2.30. The number of methoxy groups -OCH3 is 1. The Labute approximate surface area is 233 Å². The number of carbonyl (C=O) groups excluding carboxylic acids is 2.